The Kier molecular flexibility index (Phi) is 4.68. The SMILES string of the molecule is Cc1cccc(NC(=O)c2c(C)oc3ncn(CC(C)C)c(=O)c23)c1C. The Balaban J connectivity index is 2.09. The number of benzene rings is 1. The van der Waals surface area contributed by atoms with Crippen LogP contribution in [0.2, 0.25) is 0 Å². The Morgan fingerprint density at radius 2 is 2.00 bits per heavy atom. The number of nitrogens with one attached hydrogen (secondary N) is 1. The van der Waals surface area contributed by atoms with E-state index in [1.54, 1.807) is 6.92 Å². The number of anilines is 1. The van der Waals surface area contributed by atoms with Crippen molar-refractivity contribution < 1.29 is 9.21 Å². The van der Waals surface area contributed by atoms with Crippen molar-refractivity contribution in [1.82, 2.24) is 9.55 Å². The molecule has 1 aromatic carbocycles. The molecule has 6 heteroatoms. The van der Waals surface area contributed by atoms with Gasteiger partial charge in [0.25, 0.3) is 11.5 Å². The van der Waals surface area contributed by atoms with Crippen LogP contribution in [0.3, 0.4) is 0 Å². The highest BCUT2D eigenvalue weighted by atomic mass is 16.3. The second-order valence-corrected chi connectivity index (χ2v) is 7.01. The van der Waals surface area contributed by atoms with Gasteiger partial charge in [-0.1, -0.05) is 26.0 Å². The highest BCUT2D eigenvalue weighted by Gasteiger charge is 2.23. The van der Waals surface area contributed by atoms with Crippen molar-refractivity contribution in [2.45, 2.75) is 41.2 Å². The van der Waals surface area contributed by atoms with Crippen molar-refractivity contribution in [3.8, 4) is 0 Å². The zero-order valence-electron chi connectivity index (χ0n) is 15.7. The number of rotatable bonds is 4. The zero-order chi connectivity index (χ0) is 19.0. The molecule has 0 spiro atoms. The van der Waals surface area contributed by atoms with Crippen LogP contribution in [0.5, 0.6) is 0 Å². The van der Waals surface area contributed by atoms with Crippen LogP contribution in [-0.4, -0.2) is 15.5 Å². The van der Waals surface area contributed by atoms with E-state index in [1.807, 2.05) is 45.9 Å². The lowest BCUT2D eigenvalue weighted by atomic mass is 10.1. The van der Waals surface area contributed by atoms with Gasteiger partial charge in [0, 0.05) is 12.2 Å². The van der Waals surface area contributed by atoms with E-state index in [0.717, 1.165) is 16.8 Å². The minimum Gasteiger partial charge on any atom is -0.442 e. The number of amides is 1. The van der Waals surface area contributed by atoms with Crippen molar-refractivity contribution in [3.63, 3.8) is 0 Å². The molecule has 0 fully saturated rings. The Labute approximate surface area is 151 Å². The van der Waals surface area contributed by atoms with Gasteiger partial charge in [0.2, 0.25) is 5.71 Å². The maximum atomic E-state index is 12.9. The molecule has 6 nitrogen and oxygen atoms in total. The molecule has 3 aromatic rings. The van der Waals surface area contributed by atoms with Gasteiger partial charge in [-0.25, -0.2) is 4.98 Å². The van der Waals surface area contributed by atoms with Gasteiger partial charge in [0.05, 0.1) is 5.56 Å². The van der Waals surface area contributed by atoms with E-state index in [1.165, 1.54) is 10.9 Å². The Hall–Kier alpha value is -2.89. The number of carbonyl (C=O) groups is 1. The quantitative estimate of drug-likeness (QED) is 0.773. The van der Waals surface area contributed by atoms with Crippen molar-refractivity contribution >= 4 is 22.7 Å². The standard InChI is InChI=1S/C20H23N3O3/c1-11(2)9-23-10-21-19-17(20(23)25)16(14(5)26-19)18(24)22-15-8-6-7-12(3)13(15)4/h6-8,10-11H,9H2,1-5H3,(H,22,24). The van der Waals surface area contributed by atoms with Crippen molar-refractivity contribution in [2.24, 2.45) is 5.92 Å². The van der Waals surface area contributed by atoms with Crippen LogP contribution >= 0.6 is 0 Å². The number of hydrogen-bond acceptors (Lipinski definition) is 4. The molecule has 1 amide bonds. The summed E-state index contributed by atoms with van der Waals surface area (Å²) in [5.41, 5.74) is 2.97. The number of aromatic nitrogens is 2. The summed E-state index contributed by atoms with van der Waals surface area (Å²) in [6.45, 7) is 10.2. The van der Waals surface area contributed by atoms with E-state index in [-0.39, 0.29) is 34.0 Å². The summed E-state index contributed by atoms with van der Waals surface area (Å²) in [6, 6.07) is 5.71. The molecule has 0 bridgehead atoms. The first-order valence-corrected chi connectivity index (χ1v) is 8.65. The predicted octanol–water partition coefficient (Wildman–Crippen LogP) is 3.82. The molecule has 1 N–H and O–H groups in total. The van der Waals surface area contributed by atoms with Crippen LogP contribution in [0.1, 0.15) is 41.1 Å². The zero-order valence-corrected chi connectivity index (χ0v) is 15.7. The Bertz CT molecular complexity index is 1040. The lowest BCUT2D eigenvalue weighted by Crippen LogP contribution is -2.24. The molecule has 0 saturated heterocycles. The van der Waals surface area contributed by atoms with Crippen LogP contribution in [0.15, 0.2) is 33.7 Å². The molecule has 0 atom stereocenters. The summed E-state index contributed by atoms with van der Waals surface area (Å²) in [6.07, 6.45) is 1.47. The van der Waals surface area contributed by atoms with Gasteiger partial charge in [0.15, 0.2) is 0 Å². The van der Waals surface area contributed by atoms with Crippen molar-refractivity contribution in [3.05, 3.63) is 57.3 Å². The second kappa shape index (κ2) is 6.78. The number of nitrogens with zero attached hydrogens (tertiary/aromatic N) is 2. The molecule has 3 rings (SSSR count). The van der Waals surface area contributed by atoms with E-state index in [9.17, 15) is 9.59 Å². The molecule has 0 unspecified atom stereocenters. The van der Waals surface area contributed by atoms with Crippen LogP contribution in [0, 0.1) is 26.7 Å². The molecule has 0 aliphatic heterocycles. The van der Waals surface area contributed by atoms with Gasteiger partial charge < -0.3 is 9.73 Å². The third-order valence-corrected chi connectivity index (χ3v) is 4.50. The Morgan fingerprint density at radius 3 is 2.69 bits per heavy atom. The molecular weight excluding hydrogens is 330 g/mol. The molecule has 0 aliphatic rings. The van der Waals surface area contributed by atoms with E-state index >= 15 is 0 Å². The second-order valence-electron chi connectivity index (χ2n) is 7.01. The smallest absolute Gasteiger partial charge is 0.265 e. The molecule has 0 radical (unpaired) electrons. The topological polar surface area (TPSA) is 77.1 Å². The summed E-state index contributed by atoms with van der Waals surface area (Å²) in [5, 5.41) is 3.13. The molecule has 0 saturated carbocycles. The first kappa shape index (κ1) is 17.9. The first-order valence-electron chi connectivity index (χ1n) is 8.65. The highest BCUT2D eigenvalue weighted by Crippen LogP contribution is 2.24. The summed E-state index contributed by atoms with van der Waals surface area (Å²) in [7, 11) is 0. The predicted molar refractivity (Wildman–Crippen MR) is 102 cm³/mol. The lowest BCUT2D eigenvalue weighted by molar-refractivity contribution is 0.102. The fourth-order valence-corrected chi connectivity index (χ4v) is 3.01. The third-order valence-electron chi connectivity index (χ3n) is 4.50. The average Bonchev–Trinajstić information content (AvgIpc) is 2.91. The lowest BCUT2D eigenvalue weighted by Gasteiger charge is -2.10. The van der Waals surface area contributed by atoms with Crippen molar-refractivity contribution in [1.29, 1.82) is 0 Å². The molecule has 136 valence electrons. The first-order chi connectivity index (χ1) is 12.3. The number of furan rings is 1. The van der Waals surface area contributed by atoms with Gasteiger partial charge in [-0.3, -0.25) is 14.2 Å². The van der Waals surface area contributed by atoms with Crippen LogP contribution in [0.4, 0.5) is 5.69 Å². The van der Waals surface area contributed by atoms with Gasteiger partial charge in [0.1, 0.15) is 17.5 Å². The average molecular weight is 353 g/mol. The summed E-state index contributed by atoms with van der Waals surface area (Å²) < 4.78 is 7.09. The minimum absolute atomic E-state index is 0.193. The summed E-state index contributed by atoms with van der Waals surface area (Å²) >= 11 is 0. The number of fused-ring (bicyclic) bond motifs is 1. The summed E-state index contributed by atoms with van der Waals surface area (Å²) in [4.78, 5) is 30.0. The van der Waals surface area contributed by atoms with E-state index in [0.29, 0.717) is 12.3 Å². The van der Waals surface area contributed by atoms with Gasteiger partial charge >= 0.3 is 0 Å². The molecule has 26 heavy (non-hydrogen) atoms. The van der Waals surface area contributed by atoms with Crippen LogP contribution in [0.25, 0.3) is 11.1 Å². The molecule has 2 aromatic heterocycles. The largest absolute Gasteiger partial charge is 0.442 e. The number of hydrogen-bond donors (Lipinski definition) is 1. The monoisotopic (exact) mass is 353 g/mol. The van der Waals surface area contributed by atoms with Gasteiger partial charge in [-0.15, -0.1) is 0 Å². The van der Waals surface area contributed by atoms with Crippen molar-refractivity contribution in [2.75, 3.05) is 5.32 Å². The summed E-state index contributed by atoms with van der Waals surface area (Å²) in [5.74, 6) is 0.304. The van der Waals surface area contributed by atoms with Gasteiger partial charge in [-0.2, -0.15) is 0 Å². The van der Waals surface area contributed by atoms with Crippen LogP contribution in [-0.2, 0) is 6.54 Å². The Morgan fingerprint density at radius 1 is 1.27 bits per heavy atom. The minimum atomic E-state index is -0.365. The molecule has 0 aliphatic carbocycles. The third kappa shape index (κ3) is 3.14. The number of carbonyl (C=O) groups excluding carboxylic acids is 1. The maximum Gasteiger partial charge on any atom is 0.265 e. The highest BCUT2D eigenvalue weighted by molar-refractivity contribution is 6.12. The fraction of sp³-hybridized carbons (Fsp3) is 0.350. The van der Waals surface area contributed by atoms with E-state index < -0.39 is 0 Å². The molecular formula is C20H23N3O3. The maximum absolute atomic E-state index is 12.9. The fourth-order valence-electron chi connectivity index (χ4n) is 3.01. The van der Waals surface area contributed by atoms with Gasteiger partial charge in [-0.05, 0) is 43.9 Å². The van der Waals surface area contributed by atoms with E-state index in [2.05, 4.69) is 10.3 Å². The number of aryl methyl sites for hydroxylation is 2. The normalized spacial score (nSPS) is 11.3. The van der Waals surface area contributed by atoms with Crippen LogP contribution < -0.4 is 10.9 Å². The van der Waals surface area contributed by atoms with E-state index in [4.69, 9.17) is 4.42 Å². The molecule has 2 heterocycles.